The van der Waals surface area contributed by atoms with Gasteiger partial charge in [0.05, 0.1) is 31.9 Å². The Kier molecular flexibility index (Phi) is 7.72. The zero-order valence-corrected chi connectivity index (χ0v) is 19.8. The van der Waals surface area contributed by atoms with E-state index in [1.165, 1.54) is 0 Å². The molecule has 3 atom stereocenters. The third kappa shape index (κ3) is 5.16. The molecule has 0 bridgehead atoms. The summed E-state index contributed by atoms with van der Waals surface area (Å²) < 4.78 is 7.03. The van der Waals surface area contributed by atoms with Crippen molar-refractivity contribution in [3.05, 3.63) is 18.0 Å². The summed E-state index contributed by atoms with van der Waals surface area (Å²) in [7, 11) is 1.68. The van der Waals surface area contributed by atoms with Gasteiger partial charge in [-0.05, 0) is 27.7 Å². The lowest BCUT2D eigenvalue weighted by atomic mass is 9.93. The molecule has 3 heterocycles. The van der Waals surface area contributed by atoms with Gasteiger partial charge in [-0.1, -0.05) is 0 Å². The molecule has 9 heteroatoms. The number of rotatable bonds is 6. The molecule has 2 aliphatic heterocycles. The van der Waals surface area contributed by atoms with Gasteiger partial charge in [0.15, 0.2) is 5.96 Å². The quantitative estimate of drug-likeness (QED) is 0.578. The van der Waals surface area contributed by atoms with Crippen LogP contribution in [0.2, 0.25) is 0 Å². The molecular formula is C19H33IN6O2. The van der Waals surface area contributed by atoms with Crippen LogP contribution >= 0.6 is 24.0 Å². The first-order valence-electron chi connectivity index (χ1n) is 9.68. The predicted molar refractivity (Wildman–Crippen MR) is 120 cm³/mol. The Morgan fingerprint density at radius 1 is 1.39 bits per heavy atom. The molecule has 1 unspecified atom stereocenters. The summed E-state index contributed by atoms with van der Waals surface area (Å²) >= 11 is 0. The van der Waals surface area contributed by atoms with Gasteiger partial charge in [-0.2, -0.15) is 5.10 Å². The van der Waals surface area contributed by atoms with Gasteiger partial charge >= 0.3 is 0 Å². The third-order valence-corrected chi connectivity index (χ3v) is 5.11. The van der Waals surface area contributed by atoms with E-state index in [-0.39, 0.29) is 47.4 Å². The Bertz CT molecular complexity index is 699. The molecule has 1 amide bonds. The van der Waals surface area contributed by atoms with Crippen LogP contribution in [0.4, 0.5) is 0 Å². The summed E-state index contributed by atoms with van der Waals surface area (Å²) in [5.41, 5.74) is 0.830. The van der Waals surface area contributed by atoms with Gasteiger partial charge in [0.1, 0.15) is 0 Å². The monoisotopic (exact) mass is 504 g/mol. The molecule has 2 N–H and O–H groups in total. The van der Waals surface area contributed by atoms with Crippen molar-refractivity contribution in [3.8, 4) is 0 Å². The fourth-order valence-electron chi connectivity index (χ4n) is 3.92. The molecule has 1 aromatic heterocycles. The average molecular weight is 504 g/mol. The van der Waals surface area contributed by atoms with E-state index in [2.05, 4.69) is 48.4 Å². The van der Waals surface area contributed by atoms with Crippen LogP contribution in [0.3, 0.4) is 0 Å². The van der Waals surface area contributed by atoms with Crippen molar-refractivity contribution in [2.24, 2.45) is 10.9 Å². The Morgan fingerprint density at radius 2 is 2.14 bits per heavy atom. The second kappa shape index (κ2) is 9.43. The predicted octanol–water partition coefficient (Wildman–Crippen LogP) is 1.77. The van der Waals surface area contributed by atoms with Crippen LogP contribution in [0, 0.1) is 5.92 Å². The highest BCUT2D eigenvalue weighted by Gasteiger charge is 2.45. The summed E-state index contributed by atoms with van der Waals surface area (Å²) in [5, 5.41) is 11.2. The Labute approximate surface area is 184 Å². The molecule has 1 aromatic rings. The molecule has 158 valence electrons. The van der Waals surface area contributed by atoms with Gasteiger partial charge in [-0.3, -0.25) is 14.5 Å². The second-order valence-electron chi connectivity index (χ2n) is 8.49. The summed E-state index contributed by atoms with van der Waals surface area (Å²) in [6.45, 7) is 11.2. The first-order valence-corrected chi connectivity index (χ1v) is 9.68. The molecule has 3 rings (SSSR count). The van der Waals surface area contributed by atoms with Crippen molar-refractivity contribution in [2.75, 3.05) is 26.8 Å². The summed E-state index contributed by atoms with van der Waals surface area (Å²) in [6.07, 6.45) is 4.46. The fraction of sp³-hybridized carbons (Fsp3) is 0.737. The zero-order valence-electron chi connectivity index (χ0n) is 17.4. The van der Waals surface area contributed by atoms with E-state index in [1.54, 1.807) is 7.11 Å². The molecule has 0 aliphatic carbocycles. The smallest absolute Gasteiger partial charge is 0.223 e. The maximum atomic E-state index is 12.8. The molecule has 0 saturated carbocycles. The van der Waals surface area contributed by atoms with Crippen molar-refractivity contribution < 1.29 is 9.53 Å². The Balaban J connectivity index is 0.00000280. The zero-order chi connectivity index (χ0) is 19.6. The van der Waals surface area contributed by atoms with Crippen molar-refractivity contribution in [1.29, 1.82) is 0 Å². The lowest BCUT2D eigenvalue weighted by molar-refractivity contribution is -0.133. The highest BCUT2D eigenvalue weighted by Crippen LogP contribution is 2.42. The average Bonchev–Trinajstić information content (AvgIpc) is 3.28. The minimum Gasteiger partial charge on any atom is -0.383 e. The van der Waals surface area contributed by atoms with Gasteiger partial charge in [0, 0.05) is 49.3 Å². The first kappa shape index (κ1) is 22.9. The normalized spacial score (nSPS) is 24.8. The highest BCUT2D eigenvalue weighted by molar-refractivity contribution is 14.0. The van der Waals surface area contributed by atoms with Crippen molar-refractivity contribution in [1.82, 2.24) is 25.3 Å². The van der Waals surface area contributed by atoms with E-state index >= 15 is 0 Å². The molecule has 0 aromatic carbocycles. The number of methoxy groups -OCH3 is 1. The Hall–Kier alpha value is -1.36. The van der Waals surface area contributed by atoms with Gasteiger partial charge < -0.3 is 20.3 Å². The van der Waals surface area contributed by atoms with Crippen LogP contribution in [-0.2, 0) is 16.1 Å². The van der Waals surface area contributed by atoms with E-state index in [0.717, 1.165) is 18.1 Å². The number of nitrogens with zero attached hydrogens (tertiary/aromatic N) is 4. The van der Waals surface area contributed by atoms with Crippen LogP contribution in [0.25, 0.3) is 0 Å². The maximum Gasteiger partial charge on any atom is 0.223 e. The second-order valence-corrected chi connectivity index (χ2v) is 8.49. The fourth-order valence-corrected chi connectivity index (χ4v) is 3.92. The number of aliphatic imine (C=N–C) groups is 1. The van der Waals surface area contributed by atoms with Crippen molar-refractivity contribution in [3.63, 3.8) is 0 Å². The number of aromatic nitrogens is 2. The standard InChI is InChI=1S/C19H32N6O2.HI/c1-13-9-20-18(23-13)21-10-14-8-16(26)25(19(2,3)4)17(14)15-11-22-24(12-15)6-7-27-5;/h11-14,17H,6-10H2,1-5H3,(H2,20,21,23);1H/t13?,14-,17+;/m0./s1. The molecule has 8 nitrogen and oxygen atoms in total. The van der Waals surface area contributed by atoms with Crippen LogP contribution in [0.5, 0.6) is 0 Å². The number of amides is 1. The van der Waals surface area contributed by atoms with E-state index in [0.29, 0.717) is 32.2 Å². The van der Waals surface area contributed by atoms with Gasteiger partial charge in [0.2, 0.25) is 5.91 Å². The molecule has 1 saturated heterocycles. The highest BCUT2D eigenvalue weighted by atomic mass is 127. The number of carbonyl (C=O) groups is 1. The minimum absolute atomic E-state index is 0. The largest absolute Gasteiger partial charge is 0.383 e. The summed E-state index contributed by atoms with van der Waals surface area (Å²) in [5.74, 6) is 1.19. The molecular weight excluding hydrogens is 471 g/mol. The maximum absolute atomic E-state index is 12.8. The van der Waals surface area contributed by atoms with Crippen molar-refractivity contribution in [2.45, 2.75) is 58.3 Å². The number of hydrogen-bond donors (Lipinski definition) is 2. The molecule has 1 fully saturated rings. The van der Waals surface area contributed by atoms with Gasteiger partial charge in [0.25, 0.3) is 0 Å². The molecule has 28 heavy (non-hydrogen) atoms. The number of likely N-dealkylation sites (tertiary alicyclic amines) is 1. The first-order chi connectivity index (χ1) is 12.8. The number of carbonyl (C=O) groups excluding carboxylic acids is 1. The number of ether oxygens (including phenoxy) is 1. The van der Waals surface area contributed by atoms with Gasteiger partial charge in [-0.15, -0.1) is 24.0 Å². The van der Waals surface area contributed by atoms with E-state index in [9.17, 15) is 4.79 Å². The van der Waals surface area contributed by atoms with Crippen LogP contribution in [-0.4, -0.2) is 64.9 Å². The van der Waals surface area contributed by atoms with E-state index < -0.39 is 0 Å². The summed E-state index contributed by atoms with van der Waals surface area (Å²) in [6, 6.07) is 0.360. The Morgan fingerprint density at radius 3 is 2.75 bits per heavy atom. The molecule has 0 radical (unpaired) electrons. The number of hydrogen-bond acceptors (Lipinski definition) is 6. The number of halogens is 1. The number of nitrogens with one attached hydrogen (secondary N) is 2. The van der Waals surface area contributed by atoms with Crippen molar-refractivity contribution >= 4 is 35.8 Å². The van der Waals surface area contributed by atoms with Crippen LogP contribution < -0.4 is 10.6 Å². The van der Waals surface area contributed by atoms with Gasteiger partial charge in [-0.25, -0.2) is 0 Å². The van der Waals surface area contributed by atoms with Crippen LogP contribution in [0.1, 0.15) is 45.7 Å². The summed E-state index contributed by atoms with van der Waals surface area (Å²) in [4.78, 5) is 19.3. The topological polar surface area (TPSA) is 83.8 Å². The molecule has 2 aliphatic rings. The molecule has 0 spiro atoms. The van der Waals surface area contributed by atoms with E-state index in [4.69, 9.17) is 4.74 Å². The minimum atomic E-state index is -0.247. The van der Waals surface area contributed by atoms with Crippen LogP contribution in [0.15, 0.2) is 17.4 Å². The number of guanidine groups is 1. The lowest BCUT2D eigenvalue weighted by Gasteiger charge is -2.38. The van der Waals surface area contributed by atoms with E-state index in [1.807, 2.05) is 22.0 Å². The lowest BCUT2D eigenvalue weighted by Crippen LogP contribution is -2.45. The third-order valence-electron chi connectivity index (χ3n) is 5.11. The SMILES string of the molecule is COCCn1cc([C@H]2[C@H](CNC3=NCC(C)N3)CC(=O)N2C(C)(C)C)cn1.I.